The van der Waals surface area contributed by atoms with Gasteiger partial charge in [-0.05, 0) is 25.5 Å². The van der Waals surface area contributed by atoms with E-state index in [9.17, 15) is 4.79 Å². The topological polar surface area (TPSA) is 58.6 Å². The van der Waals surface area contributed by atoms with Crippen LogP contribution in [-0.4, -0.2) is 46.5 Å². The Morgan fingerprint density at radius 1 is 1.31 bits per heavy atom. The van der Waals surface area contributed by atoms with E-state index in [0.717, 1.165) is 25.3 Å². The summed E-state index contributed by atoms with van der Waals surface area (Å²) < 4.78 is 5.78. The number of carbonyl (C=O) groups is 1. The standard InChI is InChI=1S/C19H23ClN4O2/c1-3-6-19(25)24-10-9-23(12-14(24)2)17-11-18(22-13-21-17)26-16-8-5-4-7-15(16)20/h4-5,7-8,11,13-14H,3,6,9-10,12H2,1-2H3/t14-/m1/s1. The number of carbonyl (C=O) groups excluding carboxylic acids is 1. The predicted octanol–water partition coefficient (Wildman–Crippen LogP) is 3.76. The third-order valence-corrected chi connectivity index (χ3v) is 4.73. The van der Waals surface area contributed by atoms with Gasteiger partial charge in [-0.2, -0.15) is 0 Å². The first-order chi connectivity index (χ1) is 12.6. The van der Waals surface area contributed by atoms with Crippen LogP contribution < -0.4 is 9.64 Å². The summed E-state index contributed by atoms with van der Waals surface area (Å²) in [6.07, 6.45) is 2.97. The van der Waals surface area contributed by atoms with E-state index in [1.807, 2.05) is 24.0 Å². The molecular weight excluding hydrogens is 352 g/mol. The van der Waals surface area contributed by atoms with Gasteiger partial charge in [0.15, 0.2) is 0 Å². The van der Waals surface area contributed by atoms with Crippen LogP contribution in [0.15, 0.2) is 36.7 Å². The maximum Gasteiger partial charge on any atom is 0.224 e. The molecule has 7 heteroatoms. The van der Waals surface area contributed by atoms with E-state index in [0.29, 0.717) is 29.6 Å². The third kappa shape index (κ3) is 4.25. The van der Waals surface area contributed by atoms with Crippen molar-refractivity contribution in [3.05, 3.63) is 41.7 Å². The quantitative estimate of drug-likeness (QED) is 0.797. The van der Waals surface area contributed by atoms with Crippen molar-refractivity contribution in [1.82, 2.24) is 14.9 Å². The number of nitrogens with zero attached hydrogens (tertiary/aromatic N) is 4. The second kappa shape index (κ2) is 8.36. The fraction of sp³-hybridized carbons (Fsp3) is 0.421. The van der Waals surface area contributed by atoms with Gasteiger partial charge in [0.1, 0.15) is 17.9 Å². The van der Waals surface area contributed by atoms with Crippen LogP contribution in [0.1, 0.15) is 26.7 Å². The van der Waals surface area contributed by atoms with Gasteiger partial charge in [-0.3, -0.25) is 4.79 Å². The molecule has 1 aromatic heterocycles. The lowest BCUT2D eigenvalue weighted by Gasteiger charge is -2.40. The highest BCUT2D eigenvalue weighted by atomic mass is 35.5. The van der Waals surface area contributed by atoms with Crippen LogP contribution in [0.5, 0.6) is 11.6 Å². The van der Waals surface area contributed by atoms with Gasteiger partial charge in [0.05, 0.1) is 5.02 Å². The smallest absolute Gasteiger partial charge is 0.224 e. The molecule has 1 aliphatic heterocycles. The van der Waals surface area contributed by atoms with Crippen molar-refractivity contribution in [3.8, 4) is 11.6 Å². The van der Waals surface area contributed by atoms with Crippen molar-refractivity contribution in [2.24, 2.45) is 0 Å². The van der Waals surface area contributed by atoms with Crippen LogP contribution in [0.4, 0.5) is 5.82 Å². The molecule has 2 aromatic rings. The van der Waals surface area contributed by atoms with Crippen LogP contribution in [0.25, 0.3) is 0 Å². The predicted molar refractivity (Wildman–Crippen MR) is 102 cm³/mol. The van der Waals surface area contributed by atoms with E-state index in [-0.39, 0.29) is 11.9 Å². The summed E-state index contributed by atoms with van der Waals surface area (Å²) in [7, 11) is 0. The number of amides is 1. The van der Waals surface area contributed by atoms with Gasteiger partial charge in [0, 0.05) is 38.2 Å². The maximum atomic E-state index is 12.2. The Morgan fingerprint density at radius 3 is 2.85 bits per heavy atom. The number of halogens is 1. The molecular formula is C19H23ClN4O2. The van der Waals surface area contributed by atoms with Crippen molar-refractivity contribution in [2.75, 3.05) is 24.5 Å². The van der Waals surface area contributed by atoms with Crippen molar-refractivity contribution < 1.29 is 9.53 Å². The molecule has 26 heavy (non-hydrogen) atoms. The van der Waals surface area contributed by atoms with E-state index in [1.165, 1.54) is 6.33 Å². The van der Waals surface area contributed by atoms with E-state index in [2.05, 4.69) is 21.8 Å². The molecule has 0 unspecified atom stereocenters. The molecule has 1 fully saturated rings. The Bertz CT molecular complexity index is 771. The van der Waals surface area contributed by atoms with Crippen molar-refractivity contribution in [2.45, 2.75) is 32.7 Å². The maximum absolute atomic E-state index is 12.2. The molecule has 2 heterocycles. The molecule has 0 N–H and O–H groups in total. The molecule has 1 aromatic carbocycles. The first-order valence-electron chi connectivity index (χ1n) is 8.87. The Morgan fingerprint density at radius 2 is 2.12 bits per heavy atom. The molecule has 1 atom stereocenters. The van der Waals surface area contributed by atoms with Crippen LogP contribution in [0, 0.1) is 0 Å². The second-order valence-corrected chi connectivity index (χ2v) is 6.79. The lowest BCUT2D eigenvalue weighted by molar-refractivity contribution is -0.133. The number of hydrogen-bond acceptors (Lipinski definition) is 5. The van der Waals surface area contributed by atoms with Gasteiger partial charge in [-0.15, -0.1) is 0 Å². The van der Waals surface area contributed by atoms with Gasteiger partial charge in [0.25, 0.3) is 0 Å². The number of piperazine rings is 1. The largest absolute Gasteiger partial charge is 0.437 e. The highest BCUT2D eigenvalue weighted by Crippen LogP contribution is 2.29. The minimum Gasteiger partial charge on any atom is -0.437 e. The number of ether oxygens (including phenoxy) is 1. The number of para-hydroxylation sites is 1. The summed E-state index contributed by atoms with van der Waals surface area (Å²) in [4.78, 5) is 24.8. The number of hydrogen-bond donors (Lipinski definition) is 0. The monoisotopic (exact) mass is 374 g/mol. The van der Waals surface area contributed by atoms with Gasteiger partial charge < -0.3 is 14.5 Å². The van der Waals surface area contributed by atoms with Crippen LogP contribution >= 0.6 is 11.6 Å². The fourth-order valence-electron chi connectivity index (χ4n) is 3.09. The number of rotatable bonds is 5. The summed E-state index contributed by atoms with van der Waals surface area (Å²) in [6, 6.07) is 9.22. The first kappa shape index (κ1) is 18.5. The van der Waals surface area contributed by atoms with E-state index < -0.39 is 0 Å². The van der Waals surface area contributed by atoms with Crippen molar-refractivity contribution in [1.29, 1.82) is 0 Å². The zero-order chi connectivity index (χ0) is 18.5. The minimum absolute atomic E-state index is 0.144. The Balaban J connectivity index is 1.69. The normalized spacial score (nSPS) is 17.3. The van der Waals surface area contributed by atoms with Gasteiger partial charge in [-0.1, -0.05) is 30.7 Å². The van der Waals surface area contributed by atoms with Crippen molar-refractivity contribution >= 4 is 23.3 Å². The summed E-state index contributed by atoms with van der Waals surface area (Å²) in [5, 5.41) is 0.532. The third-order valence-electron chi connectivity index (χ3n) is 4.41. The highest BCUT2D eigenvalue weighted by Gasteiger charge is 2.27. The Kier molecular flexibility index (Phi) is 5.93. The zero-order valence-corrected chi connectivity index (χ0v) is 15.8. The SMILES string of the molecule is CCCC(=O)N1CCN(c2cc(Oc3ccccc3Cl)ncn2)C[C@H]1C. The summed E-state index contributed by atoms with van der Waals surface area (Å²) >= 11 is 6.14. The molecule has 0 radical (unpaired) electrons. The molecule has 138 valence electrons. The molecule has 1 aliphatic rings. The Labute approximate surface area is 158 Å². The Hall–Kier alpha value is -2.34. The molecule has 6 nitrogen and oxygen atoms in total. The van der Waals surface area contributed by atoms with Gasteiger partial charge >= 0.3 is 0 Å². The first-order valence-corrected chi connectivity index (χ1v) is 9.25. The average molecular weight is 375 g/mol. The number of benzene rings is 1. The molecule has 3 rings (SSSR count). The second-order valence-electron chi connectivity index (χ2n) is 6.38. The molecule has 1 saturated heterocycles. The fourth-order valence-corrected chi connectivity index (χ4v) is 3.27. The van der Waals surface area contributed by atoms with E-state index in [4.69, 9.17) is 16.3 Å². The lowest BCUT2D eigenvalue weighted by atomic mass is 10.1. The highest BCUT2D eigenvalue weighted by molar-refractivity contribution is 6.32. The minimum atomic E-state index is 0.144. The van der Waals surface area contributed by atoms with Crippen molar-refractivity contribution in [3.63, 3.8) is 0 Å². The van der Waals surface area contributed by atoms with E-state index in [1.54, 1.807) is 18.2 Å². The van der Waals surface area contributed by atoms with Gasteiger partial charge in [0.2, 0.25) is 11.8 Å². The van der Waals surface area contributed by atoms with Crippen LogP contribution in [0.2, 0.25) is 5.02 Å². The van der Waals surface area contributed by atoms with Crippen LogP contribution in [0.3, 0.4) is 0 Å². The number of anilines is 1. The molecule has 1 amide bonds. The average Bonchev–Trinajstić information content (AvgIpc) is 2.64. The zero-order valence-electron chi connectivity index (χ0n) is 15.1. The molecule has 0 bridgehead atoms. The van der Waals surface area contributed by atoms with E-state index >= 15 is 0 Å². The van der Waals surface area contributed by atoms with Crippen LogP contribution in [-0.2, 0) is 4.79 Å². The van der Waals surface area contributed by atoms with Gasteiger partial charge in [-0.25, -0.2) is 9.97 Å². The summed E-state index contributed by atoms with van der Waals surface area (Å²) in [5.74, 6) is 2.02. The number of aromatic nitrogens is 2. The molecule has 0 saturated carbocycles. The molecule has 0 aliphatic carbocycles. The summed E-state index contributed by atoms with van der Waals surface area (Å²) in [5.41, 5.74) is 0. The molecule has 0 spiro atoms. The lowest BCUT2D eigenvalue weighted by Crippen LogP contribution is -2.54. The summed E-state index contributed by atoms with van der Waals surface area (Å²) in [6.45, 7) is 6.27.